The Balaban J connectivity index is 1.29. The van der Waals surface area contributed by atoms with Crippen molar-refractivity contribution in [1.29, 1.82) is 0 Å². The molecule has 64 heteroatoms. The highest BCUT2D eigenvalue weighted by atomic mass is 32.3. The van der Waals surface area contributed by atoms with Crippen LogP contribution in [0.5, 0.6) is 69.0 Å². The maximum Gasteiger partial charge on any atom is 0.264 e. The van der Waals surface area contributed by atoms with Gasteiger partial charge in [0.2, 0.25) is 23.0 Å². The summed E-state index contributed by atoms with van der Waals surface area (Å²) in [5.74, 6) is -3.92. The molecule has 0 saturated carbocycles. The fourth-order valence-corrected chi connectivity index (χ4v) is 17.3. The second kappa shape index (κ2) is 64.9. The molecule has 0 atom stereocenters. The van der Waals surface area contributed by atoms with Crippen molar-refractivity contribution in [1.82, 2.24) is 46.6 Å². The van der Waals surface area contributed by atoms with E-state index < -0.39 is 166 Å². The Bertz CT molecular complexity index is 6100. The molecule has 4 amide bonds. The van der Waals surface area contributed by atoms with Crippen LogP contribution in [0.4, 0.5) is 0 Å². The first-order valence-corrected chi connectivity index (χ1v) is 61.4. The van der Waals surface area contributed by atoms with Crippen molar-refractivity contribution in [2.24, 2.45) is 17.3 Å². The first-order valence-electron chi connectivity index (χ1n) is 46.9. The standard InChI is InChI=1S/C85H134N12O43S9/c1-2-24-90-82(98)63-52-70(129-31-6-4-22-68(87)61-96(88)29-10-27-92-84(100)65-56-74(133-36-14-45-143(108,109)110)80(139-41-19-50-148(123,124)125)75(57-65)134-37-15-46-144(111,112)113)78(137-33-7-3-21-67(86)60-89-25-9-26-91-83(99)64-54-72(131-34-12-43-141(102,103)104)79(138-40-18-49-147(120,121)122)73(55-64)132-35-13-44-142(105,106)107)71(53-63)130-32-8-5-23-69-62-97(95-94-69)30-11-28-93-85(101)66-58-76(135-38-16-47-145(114,115)116)81(140-42-20-51-149(126,127)128)77(59-66)136-39-17-48-146(117,118)119/h52-62,89H,2-51,86-88H2,1H3,(H,90,98)(H,91,99)(H,92,100)(H,93,101)(H,102,103,104)(H,105,106,107)(H,108,109,110)(H,111,112,113)(H,114,115,116)(H,117,118,119)(H,120,121,122)(H,123,124,125)(H,126,127,128)/b67-60-,68-61-. The van der Waals surface area contributed by atoms with E-state index in [9.17, 15) is 136 Å². The Morgan fingerprint density at radius 3 is 0.859 bits per heavy atom. The number of aryl methyl sites for hydroxylation is 2. The van der Waals surface area contributed by atoms with E-state index in [0.717, 1.165) is 0 Å². The van der Waals surface area contributed by atoms with Crippen LogP contribution in [-0.2, 0) is 104 Å². The number of hydrogen-bond acceptors (Lipinski definition) is 41. The lowest BCUT2D eigenvalue weighted by molar-refractivity contribution is 0.0943. The number of aromatic nitrogens is 3. The third-order valence-electron chi connectivity index (χ3n) is 19.9. The summed E-state index contributed by atoms with van der Waals surface area (Å²) in [5, 5.41) is 24.0. The minimum atomic E-state index is -4.43. The van der Waals surface area contributed by atoms with Crippen molar-refractivity contribution >= 4 is 115 Å². The average Bonchev–Trinajstić information content (AvgIpc) is 0.994. The van der Waals surface area contributed by atoms with Gasteiger partial charge in [0.15, 0.2) is 46.0 Å². The largest absolute Gasteiger partial charge is 0.490 e. The number of allylic oxidation sites excluding steroid dienone is 2. The van der Waals surface area contributed by atoms with E-state index in [1.807, 2.05) is 6.92 Å². The lowest BCUT2D eigenvalue weighted by Crippen LogP contribution is -2.31. The van der Waals surface area contributed by atoms with E-state index in [1.54, 1.807) is 17.1 Å². The number of nitrogens with one attached hydrogen (secondary N) is 5. The van der Waals surface area contributed by atoms with E-state index in [-0.39, 0.29) is 267 Å². The summed E-state index contributed by atoms with van der Waals surface area (Å²) in [6.45, 7) is 0.0439. The van der Waals surface area contributed by atoms with Gasteiger partial charge in [-0.15, -0.1) is 5.10 Å². The van der Waals surface area contributed by atoms with Crippen LogP contribution < -0.4 is 101 Å². The lowest BCUT2D eigenvalue weighted by atomic mass is 10.1. The molecule has 1 aromatic heterocycles. The normalized spacial score (nSPS) is 12.4. The number of hydrogen-bond donors (Lipinski definition) is 17. The Kier molecular flexibility index (Phi) is 56.1. The molecule has 149 heavy (non-hydrogen) atoms. The first kappa shape index (κ1) is 129. The van der Waals surface area contributed by atoms with E-state index in [4.69, 9.17) is 74.2 Å². The van der Waals surface area contributed by atoms with Crippen LogP contribution in [0.2, 0.25) is 0 Å². The number of nitrogens with two attached hydrogens (primary N) is 3. The molecule has 0 saturated heterocycles. The molecular weight excluding hydrogens is 2170 g/mol. The van der Waals surface area contributed by atoms with Gasteiger partial charge in [0.25, 0.3) is 115 Å². The van der Waals surface area contributed by atoms with Gasteiger partial charge in [-0.25, -0.2) is 5.84 Å². The molecule has 5 aromatic rings. The number of benzene rings is 4. The summed E-state index contributed by atoms with van der Waals surface area (Å²) in [4.78, 5) is 54.9. The van der Waals surface area contributed by atoms with E-state index in [1.165, 1.54) is 59.7 Å². The smallest absolute Gasteiger partial charge is 0.264 e. The molecule has 0 aliphatic carbocycles. The molecule has 0 aliphatic rings. The number of rotatable bonds is 83. The second-order valence-electron chi connectivity index (χ2n) is 33.2. The highest BCUT2D eigenvalue weighted by molar-refractivity contribution is 7.87. The molecule has 55 nitrogen and oxygen atoms in total. The molecule has 0 fully saturated rings. The molecule has 1 heterocycles. The minimum Gasteiger partial charge on any atom is -0.490 e. The van der Waals surface area contributed by atoms with Gasteiger partial charge in [-0.1, -0.05) is 12.1 Å². The fraction of sp³-hybridized carbons (Fsp3) is 0.600. The van der Waals surface area contributed by atoms with Crippen LogP contribution in [0, 0.1) is 0 Å². The van der Waals surface area contributed by atoms with Crippen LogP contribution >= 0.6 is 0 Å². The number of nitrogens with zero attached hydrogens (tertiary/aromatic N) is 4. The van der Waals surface area contributed by atoms with Gasteiger partial charge in [0.1, 0.15) is 0 Å². The number of ether oxygens (including phenoxy) is 12. The first-order chi connectivity index (χ1) is 69.9. The van der Waals surface area contributed by atoms with Gasteiger partial charge in [-0.3, -0.25) is 64.8 Å². The zero-order valence-electron chi connectivity index (χ0n) is 81.8. The van der Waals surface area contributed by atoms with Crippen molar-refractivity contribution in [3.63, 3.8) is 0 Å². The van der Waals surface area contributed by atoms with Gasteiger partial charge < -0.3 is 99.9 Å². The van der Waals surface area contributed by atoms with Crippen molar-refractivity contribution in [3.8, 4) is 69.0 Å². The number of unbranched alkanes of at least 4 members (excludes halogenated alkanes) is 3. The molecule has 20 N–H and O–H groups in total. The van der Waals surface area contributed by atoms with E-state index >= 15 is 0 Å². The summed E-state index contributed by atoms with van der Waals surface area (Å²) >= 11 is 0. The Hall–Kier alpha value is -10.7. The SMILES string of the molecule is CCCNC(=O)c1cc(OCCCC/C(N)=C/N(N)CCCNC(=O)c2cc(OCCCS(=O)(=O)O)c(OCCCS(=O)(=O)O)c(OCCCS(=O)(=O)O)c2)c(OCCCC/C(N)=C/NCCCNC(=O)c2cc(OCCCS(=O)(=O)O)c(OCCCS(=O)(=O)O)c(OCCCS(=O)(=O)O)c2)c(OCCCCc2cn(CCCNC(=O)c3cc(OCCCS(=O)(=O)O)c(OCCCS(=O)(=O)O)c(OCCCS(=O)(=O)O)c3)nn2)c1. The molecule has 0 unspecified atom stereocenters. The van der Waals surface area contributed by atoms with Crippen LogP contribution in [0.3, 0.4) is 0 Å². The molecule has 846 valence electrons. The zero-order chi connectivity index (χ0) is 111. The highest BCUT2D eigenvalue weighted by Gasteiger charge is 2.28. The summed E-state index contributed by atoms with van der Waals surface area (Å²) in [7, 11) is -39.8. The molecule has 0 aliphatic heterocycles. The number of carbonyl (C=O) groups is 4. The topological polar surface area (TPSA) is 841 Å². The maximum absolute atomic E-state index is 13.8. The summed E-state index contributed by atoms with van der Waals surface area (Å²) in [6, 6.07) is 10.4. The monoisotopic (exact) mass is 2300 g/mol. The molecule has 0 radical (unpaired) electrons. The Morgan fingerprint density at radius 1 is 0.322 bits per heavy atom. The third-order valence-corrected chi connectivity index (χ3v) is 27.1. The number of carbonyl (C=O) groups excluding carboxylic acids is 4. The van der Waals surface area contributed by atoms with Gasteiger partial charge in [-0.05, 0) is 190 Å². The number of hydrazine groups is 1. The third kappa shape index (κ3) is 59.7. The lowest BCUT2D eigenvalue weighted by Gasteiger charge is -2.19. The quantitative estimate of drug-likeness (QED) is 0.0114. The summed E-state index contributed by atoms with van der Waals surface area (Å²) < 4.78 is 362. The molecular formula is C85H134N12O43S9. The zero-order valence-corrected chi connectivity index (χ0v) is 89.2. The average molecular weight is 2300 g/mol. The Labute approximate surface area is 866 Å². The van der Waals surface area contributed by atoms with Crippen molar-refractivity contribution in [3.05, 3.63) is 106 Å². The van der Waals surface area contributed by atoms with Crippen molar-refractivity contribution in [2.75, 3.05) is 170 Å². The van der Waals surface area contributed by atoms with Gasteiger partial charge in [-0.2, -0.15) is 75.8 Å². The molecule has 0 spiro atoms. The van der Waals surface area contributed by atoms with Crippen molar-refractivity contribution < 1.29 is 193 Å². The summed E-state index contributed by atoms with van der Waals surface area (Å²) in [5.41, 5.74) is 14.2. The van der Waals surface area contributed by atoms with Crippen LogP contribution in [0.15, 0.2) is 78.5 Å². The van der Waals surface area contributed by atoms with Crippen LogP contribution in [0.25, 0.3) is 0 Å². The molecule has 0 bridgehead atoms. The van der Waals surface area contributed by atoms with E-state index in [0.29, 0.717) is 107 Å². The summed E-state index contributed by atoms with van der Waals surface area (Å²) in [6.07, 6.45) is 7.88. The Morgan fingerprint density at radius 2 is 0.570 bits per heavy atom. The van der Waals surface area contributed by atoms with Crippen molar-refractivity contribution in [2.45, 2.75) is 155 Å². The van der Waals surface area contributed by atoms with Crippen LogP contribution in [0.1, 0.15) is 189 Å². The maximum atomic E-state index is 13.8. The second-order valence-corrected chi connectivity index (χ2v) is 47.3. The highest BCUT2D eigenvalue weighted by Crippen LogP contribution is 2.44. The van der Waals surface area contributed by atoms with Crippen LogP contribution in [-0.4, -0.2) is 331 Å². The van der Waals surface area contributed by atoms with Gasteiger partial charge in [0.05, 0.1) is 137 Å². The van der Waals surface area contributed by atoms with Gasteiger partial charge >= 0.3 is 0 Å². The minimum absolute atomic E-state index is 0.0157. The fourth-order valence-electron chi connectivity index (χ4n) is 13.0. The molecule has 4 aromatic carbocycles. The van der Waals surface area contributed by atoms with Gasteiger partial charge in [0, 0.05) is 98.1 Å². The number of amides is 4. The van der Waals surface area contributed by atoms with E-state index in [2.05, 4.69) is 36.9 Å². The molecule has 5 rings (SSSR count). The predicted octanol–water partition coefficient (Wildman–Crippen LogP) is 3.65. The predicted molar refractivity (Wildman–Crippen MR) is 539 cm³/mol.